The second-order valence-corrected chi connectivity index (χ2v) is 12.2. The summed E-state index contributed by atoms with van der Waals surface area (Å²) in [6.45, 7) is 12.4. The molecule has 4 aliphatic heterocycles. The number of nitriles is 1. The molecule has 3 saturated heterocycles. The molecule has 0 aliphatic carbocycles. The molecule has 0 bridgehead atoms. The third-order valence-corrected chi connectivity index (χ3v) is 8.28. The smallest absolute Gasteiger partial charge is 0.410 e. The predicted octanol–water partition coefficient (Wildman–Crippen LogP) is 5.06. The van der Waals surface area contributed by atoms with E-state index in [0.717, 1.165) is 61.8 Å². The van der Waals surface area contributed by atoms with Crippen LogP contribution in [0.2, 0.25) is 0 Å². The third-order valence-electron chi connectivity index (χ3n) is 8.28. The van der Waals surface area contributed by atoms with Crippen LogP contribution in [0, 0.1) is 11.3 Å². The van der Waals surface area contributed by atoms with E-state index in [0.29, 0.717) is 42.3 Å². The lowest BCUT2D eigenvalue weighted by Crippen LogP contribution is -2.66. The molecular weight excluding hydrogens is 494 g/mol. The average molecular weight is 532 g/mol. The molecule has 9 nitrogen and oxygen atoms in total. The van der Waals surface area contributed by atoms with Gasteiger partial charge in [0.25, 0.3) is 0 Å². The van der Waals surface area contributed by atoms with Crippen LogP contribution in [0.1, 0.15) is 80.7 Å². The number of aromatic nitrogens is 1. The summed E-state index contributed by atoms with van der Waals surface area (Å²) in [6, 6.07) is 8.93. The van der Waals surface area contributed by atoms with E-state index in [1.807, 2.05) is 40.0 Å². The number of likely N-dealkylation sites (tertiary alicyclic amines) is 2. The van der Waals surface area contributed by atoms with Crippen LogP contribution in [0.3, 0.4) is 0 Å². The summed E-state index contributed by atoms with van der Waals surface area (Å²) in [5.41, 5.74) is 4.31. The van der Waals surface area contributed by atoms with Crippen molar-refractivity contribution in [3.05, 3.63) is 46.6 Å². The number of anilines is 2. The molecule has 0 radical (unpaired) electrons. The minimum absolute atomic E-state index is 0.232. The highest BCUT2D eigenvalue weighted by Gasteiger charge is 2.42. The van der Waals surface area contributed by atoms with Gasteiger partial charge in [-0.25, -0.2) is 9.78 Å². The van der Waals surface area contributed by atoms with Gasteiger partial charge in [-0.1, -0.05) is 0 Å². The van der Waals surface area contributed by atoms with Crippen LogP contribution in [-0.4, -0.2) is 71.9 Å². The van der Waals surface area contributed by atoms with Crippen molar-refractivity contribution in [1.29, 1.82) is 5.26 Å². The maximum atomic E-state index is 12.3. The van der Waals surface area contributed by atoms with Gasteiger partial charge < -0.3 is 24.4 Å². The standard InChI is InChI=1S/C30H37N5O4/c1-18-26-24(19-6-9-37-10-7-19)5-8-32-28(26)33-25-12-20(11-21(13-31)27(25)38-18)22-14-34(15-22)23-16-35(17-23)29(36)39-30(2,3)4/h5,8,11-12,18-19,22-23H,6-7,9-10,14-17H2,1-4H3,(H,32,33)/t18-/m0/s1. The summed E-state index contributed by atoms with van der Waals surface area (Å²) in [6.07, 6.45) is 3.36. The Hall–Kier alpha value is -3.35. The molecule has 1 aromatic heterocycles. The first-order valence-corrected chi connectivity index (χ1v) is 14.0. The number of benzene rings is 1. The summed E-state index contributed by atoms with van der Waals surface area (Å²) in [5, 5.41) is 13.6. The van der Waals surface area contributed by atoms with Gasteiger partial charge in [-0.15, -0.1) is 0 Å². The maximum absolute atomic E-state index is 12.3. The molecule has 5 heterocycles. The number of carbonyl (C=O) groups excluding carboxylic acids is 1. The first-order valence-electron chi connectivity index (χ1n) is 14.0. The van der Waals surface area contributed by atoms with Crippen LogP contribution in [0.5, 0.6) is 5.75 Å². The first-order chi connectivity index (χ1) is 18.7. The predicted molar refractivity (Wildman–Crippen MR) is 146 cm³/mol. The van der Waals surface area contributed by atoms with E-state index in [-0.39, 0.29) is 12.2 Å². The molecule has 6 rings (SSSR count). The minimum atomic E-state index is -0.480. The molecule has 0 spiro atoms. The van der Waals surface area contributed by atoms with Gasteiger partial charge in [0.2, 0.25) is 0 Å². The largest absolute Gasteiger partial charge is 0.482 e. The Morgan fingerprint density at radius 1 is 1.15 bits per heavy atom. The zero-order valence-electron chi connectivity index (χ0n) is 23.2. The monoisotopic (exact) mass is 531 g/mol. The molecule has 0 unspecified atom stereocenters. The molecule has 206 valence electrons. The molecule has 4 aliphatic rings. The molecule has 1 atom stereocenters. The molecule has 3 fully saturated rings. The van der Waals surface area contributed by atoms with Gasteiger partial charge >= 0.3 is 6.09 Å². The Labute approximate surface area is 230 Å². The minimum Gasteiger partial charge on any atom is -0.482 e. The number of hydrogen-bond donors (Lipinski definition) is 1. The fourth-order valence-electron chi connectivity index (χ4n) is 6.12. The number of rotatable bonds is 3. The van der Waals surface area contributed by atoms with Crippen LogP contribution >= 0.6 is 0 Å². The number of hydrogen-bond acceptors (Lipinski definition) is 8. The van der Waals surface area contributed by atoms with Crippen LogP contribution in [0.4, 0.5) is 16.3 Å². The molecule has 1 aromatic carbocycles. The van der Waals surface area contributed by atoms with Crippen molar-refractivity contribution in [2.45, 2.75) is 70.1 Å². The second kappa shape index (κ2) is 10.00. The van der Waals surface area contributed by atoms with Gasteiger partial charge in [-0.05, 0) is 75.8 Å². The van der Waals surface area contributed by atoms with Gasteiger partial charge in [0.05, 0.1) is 11.3 Å². The Morgan fingerprint density at radius 3 is 2.59 bits per heavy atom. The Bertz CT molecular complexity index is 1300. The van der Waals surface area contributed by atoms with E-state index in [4.69, 9.17) is 14.2 Å². The van der Waals surface area contributed by atoms with Crippen LogP contribution < -0.4 is 10.1 Å². The third kappa shape index (κ3) is 5.04. The van der Waals surface area contributed by atoms with E-state index in [2.05, 4.69) is 33.4 Å². The molecule has 1 N–H and O–H groups in total. The highest BCUT2D eigenvalue weighted by Crippen LogP contribution is 2.45. The number of pyridine rings is 1. The molecule has 9 heteroatoms. The van der Waals surface area contributed by atoms with Crippen molar-refractivity contribution in [3.63, 3.8) is 0 Å². The quantitative estimate of drug-likeness (QED) is 0.587. The van der Waals surface area contributed by atoms with Crippen molar-refractivity contribution in [3.8, 4) is 11.8 Å². The number of ether oxygens (including phenoxy) is 3. The van der Waals surface area contributed by atoms with Crippen LogP contribution in [0.25, 0.3) is 0 Å². The lowest BCUT2D eigenvalue weighted by atomic mass is 9.87. The second-order valence-electron chi connectivity index (χ2n) is 12.2. The average Bonchev–Trinajstić information content (AvgIpc) is 2.99. The van der Waals surface area contributed by atoms with Crippen LogP contribution in [-0.2, 0) is 9.47 Å². The number of amides is 1. The zero-order chi connectivity index (χ0) is 27.3. The van der Waals surface area contributed by atoms with E-state index >= 15 is 0 Å². The van der Waals surface area contributed by atoms with Crippen molar-refractivity contribution in [2.24, 2.45) is 0 Å². The maximum Gasteiger partial charge on any atom is 0.410 e. The molecule has 39 heavy (non-hydrogen) atoms. The van der Waals surface area contributed by atoms with Crippen molar-refractivity contribution < 1.29 is 19.0 Å². The Balaban J connectivity index is 1.17. The highest BCUT2D eigenvalue weighted by molar-refractivity contribution is 5.74. The summed E-state index contributed by atoms with van der Waals surface area (Å²) in [5.74, 6) is 2.13. The van der Waals surface area contributed by atoms with E-state index in [1.54, 1.807) is 4.90 Å². The first kappa shape index (κ1) is 25.9. The number of nitrogens with zero attached hydrogens (tertiary/aromatic N) is 4. The topological polar surface area (TPSA) is 100.0 Å². The molecule has 0 saturated carbocycles. The Kier molecular flexibility index (Phi) is 6.64. The number of fused-ring (bicyclic) bond motifs is 2. The van der Waals surface area contributed by atoms with E-state index < -0.39 is 5.60 Å². The lowest BCUT2D eigenvalue weighted by Gasteiger charge is -2.51. The van der Waals surface area contributed by atoms with Gasteiger partial charge in [0.15, 0.2) is 5.75 Å². The van der Waals surface area contributed by atoms with Gasteiger partial charge in [-0.3, -0.25) is 4.90 Å². The van der Waals surface area contributed by atoms with Gasteiger partial charge in [0, 0.05) is 63.1 Å². The normalized spacial score (nSPS) is 22.2. The Morgan fingerprint density at radius 2 is 1.90 bits per heavy atom. The molecular formula is C30H37N5O4. The van der Waals surface area contributed by atoms with Crippen molar-refractivity contribution in [1.82, 2.24) is 14.8 Å². The SMILES string of the molecule is C[C@@H]1Oc2c(C#N)cc(C3CN(C4CN(C(=O)OC(C)(C)C)C4)C3)cc2Nc2nccc(C3CCOCC3)c21. The van der Waals surface area contributed by atoms with Crippen molar-refractivity contribution >= 4 is 17.6 Å². The van der Waals surface area contributed by atoms with Crippen molar-refractivity contribution in [2.75, 3.05) is 44.7 Å². The van der Waals surface area contributed by atoms with Gasteiger partial charge in [0.1, 0.15) is 23.6 Å². The van der Waals surface area contributed by atoms with E-state index in [9.17, 15) is 10.1 Å². The van der Waals surface area contributed by atoms with Crippen LogP contribution in [0.15, 0.2) is 24.4 Å². The fourth-order valence-corrected chi connectivity index (χ4v) is 6.12. The summed E-state index contributed by atoms with van der Waals surface area (Å²) in [4.78, 5) is 21.1. The molecule has 1 amide bonds. The lowest BCUT2D eigenvalue weighted by molar-refractivity contribution is -0.0338. The zero-order valence-corrected chi connectivity index (χ0v) is 23.2. The number of nitrogens with one attached hydrogen (secondary N) is 1. The fraction of sp³-hybridized carbons (Fsp3) is 0.567. The van der Waals surface area contributed by atoms with E-state index in [1.165, 1.54) is 5.56 Å². The molecule has 2 aromatic rings. The summed E-state index contributed by atoms with van der Waals surface area (Å²) in [7, 11) is 0. The van der Waals surface area contributed by atoms with Gasteiger partial charge in [-0.2, -0.15) is 5.26 Å². The highest BCUT2D eigenvalue weighted by atomic mass is 16.6. The number of carbonyl (C=O) groups is 1. The summed E-state index contributed by atoms with van der Waals surface area (Å²) < 4.78 is 17.5. The summed E-state index contributed by atoms with van der Waals surface area (Å²) >= 11 is 0.